The van der Waals surface area contributed by atoms with E-state index in [-0.39, 0.29) is 4.75 Å². The van der Waals surface area contributed by atoms with E-state index in [1.807, 2.05) is 11.8 Å². The van der Waals surface area contributed by atoms with E-state index in [0.717, 1.165) is 0 Å². The van der Waals surface area contributed by atoms with Crippen molar-refractivity contribution in [2.75, 3.05) is 0 Å². The third kappa shape index (κ3) is 1.23. The first kappa shape index (κ1) is 9.29. The molecule has 2 aliphatic heterocycles. The molecule has 0 fully saturated rings. The fourth-order valence-electron chi connectivity index (χ4n) is 2.38. The van der Waals surface area contributed by atoms with Crippen LogP contribution in [0.3, 0.4) is 0 Å². The lowest BCUT2D eigenvalue weighted by Gasteiger charge is -2.45. The Labute approximate surface area is 95.1 Å². The van der Waals surface area contributed by atoms with Crippen LogP contribution in [-0.4, -0.2) is 0 Å². The molecule has 0 aromatic heterocycles. The first-order chi connectivity index (χ1) is 7.21. The van der Waals surface area contributed by atoms with E-state index in [4.69, 9.17) is 0 Å². The van der Waals surface area contributed by atoms with Crippen molar-refractivity contribution in [2.45, 2.75) is 25.0 Å². The van der Waals surface area contributed by atoms with Gasteiger partial charge in [0.1, 0.15) is 0 Å². The number of thioether (sulfide) groups is 1. The second kappa shape index (κ2) is 3.02. The molecule has 0 amide bonds. The van der Waals surface area contributed by atoms with Crippen LogP contribution in [0.5, 0.6) is 0 Å². The van der Waals surface area contributed by atoms with E-state index < -0.39 is 0 Å². The predicted molar refractivity (Wildman–Crippen MR) is 66.8 cm³/mol. The lowest BCUT2D eigenvalue weighted by Crippen LogP contribution is -2.32. The van der Waals surface area contributed by atoms with Crippen molar-refractivity contribution in [1.29, 1.82) is 0 Å². The Bertz CT molecular complexity index is 467. The van der Waals surface area contributed by atoms with E-state index in [0.29, 0.717) is 0 Å². The Morgan fingerprint density at radius 1 is 1.13 bits per heavy atom. The van der Waals surface area contributed by atoms with Crippen LogP contribution in [0.25, 0.3) is 0 Å². The molecule has 2 bridgehead atoms. The zero-order chi connectivity index (χ0) is 10.5. The lowest BCUT2D eigenvalue weighted by atomic mass is 9.77. The molecule has 1 heteroatoms. The van der Waals surface area contributed by atoms with Crippen molar-refractivity contribution >= 4 is 11.8 Å². The predicted octanol–water partition coefficient (Wildman–Crippen LogP) is 4.25. The molecule has 3 aliphatic rings. The van der Waals surface area contributed by atoms with Gasteiger partial charge >= 0.3 is 0 Å². The summed E-state index contributed by atoms with van der Waals surface area (Å²) in [6, 6.07) is 10.8. The highest BCUT2D eigenvalue weighted by molar-refractivity contribution is 8.04. The van der Waals surface area contributed by atoms with Gasteiger partial charge in [0, 0.05) is 0 Å². The Morgan fingerprint density at radius 2 is 1.80 bits per heavy atom. The van der Waals surface area contributed by atoms with Crippen LogP contribution in [0.15, 0.2) is 52.5 Å². The molecule has 1 atom stereocenters. The molecule has 15 heavy (non-hydrogen) atoms. The summed E-state index contributed by atoms with van der Waals surface area (Å²) in [5.41, 5.74) is 4.50. The highest BCUT2D eigenvalue weighted by Gasteiger charge is 2.43. The zero-order valence-corrected chi connectivity index (χ0v) is 9.90. The van der Waals surface area contributed by atoms with E-state index in [2.05, 4.69) is 50.3 Å². The number of fused-ring (bicyclic) bond motifs is 1. The van der Waals surface area contributed by atoms with Gasteiger partial charge in [-0.1, -0.05) is 36.4 Å². The van der Waals surface area contributed by atoms with Crippen molar-refractivity contribution in [3.05, 3.63) is 58.0 Å². The lowest BCUT2D eigenvalue weighted by molar-refractivity contribution is 0.674. The van der Waals surface area contributed by atoms with Gasteiger partial charge in [0.25, 0.3) is 0 Å². The van der Waals surface area contributed by atoms with Gasteiger partial charge in [-0.2, -0.15) is 0 Å². The Kier molecular flexibility index (Phi) is 1.87. The minimum atomic E-state index is 0.264. The van der Waals surface area contributed by atoms with Gasteiger partial charge in [0.2, 0.25) is 0 Å². The molecule has 2 heterocycles. The maximum atomic E-state index is 2.44. The van der Waals surface area contributed by atoms with Gasteiger partial charge in [-0.25, -0.2) is 0 Å². The van der Waals surface area contributed by atoms with E-state index >= 15 is 0 Å². The summed E-state index contributed by atoms with van der Waals surface area (Å²) >= 11 is 2.02. The molecule has 1 unspecified atom stereocenters. The zero-order valence-electron chi connectivity index (χ0n) is 9.08. The SMILES string of the molecule is CC1=C(C)C2=CC(c3ccccc3)(C2)S1. The summed E-state index contributed by atoms with van der Waals surface area (Å²) in [5.74, 6) is 0. The number of rotatable bonds is 1. The van der Waals surface area contributed by atoms with Gasteiger partial charge in [-0.05, 0) is 41.9 Å². The van der Waals surface area contributed by atoms with Gasteiger partial charge in [-0.15, -0.1) is 11.8 Å². The third-order valence-corrected chi connectivity index (χ3v) is 4.94. The van der Waals surface area contributed by atoms with Gasteiger partial charge in [0.05, 0.1) is 4.75 Å². The fourth-order valence-corrected chi connectivity index (χ4v) is 3.90. The fraction of sp³-hybridized carbons (Fsp3) is 0.286. The molecular formula is C14H14S. The van der Waals surface area contributed by atoms with Gasteiger partial charge in [0.15, 0.2) is 0 Å². The van der Waals surface area contributed by atoms with Crippen molar-refractivity contribution in [1.82, 2.24) is 0 Å². The smallest absolute Gasteiger partial charge is 0.0677 e. The van der Waals surface area contributed by atoms with E-state index in [9.17, 15) is 0 Å². The first-order valence-electron chi connectivity index (χ1n) is 5.35. The Morgan fingerprint density at radius 3 is 2.40 bits per heavy atom. The molecule has 0 N–H and O–H groups in total. The molecule has 0 spiro atoms. The molecule has 1 aliphatic carbocycles. The molecule has 0 saturated carbocycles. The van der Waals surface area contributed by atoms with Crippen LogP contribution in [0, 0.1) is 0 Å². The maximum absolute atomic E-state index is 2.44. The molecule has 0 radical (unpaired) electrons. The van der Waals surface area contributed by atoms with Crippen LogP contribution >= 0.6 is 11.8 Å². The van der Waals surface area contributed by atoms with E-state index in [1.54, 1.807) is 5.57 Å². The second-order valence-electron chi connectivity index (χ2n) is 4.39. The van der Waals surface area contributed by atoms with Crippen molar-refractivity contribution in [3.63, 3.8) is 0 Å². The average Bonchev–Trinajstić information content (AvgIpc) is 2.21. The summed E-state index contributed by atoms with van der Waals surface area (Å²) < 4.78 is 0.264. The minimum absolute atomic E-state index is 0.264. The normalized spacial score (nSPS) is 28.5. The quantitative estimate of drug-likeness (QED) is 0.673. The molecule has 4 rings (SSSR count). The van der Waals surface area contributed by atoms with Gasteiger partial charge in [-0.3, -0.25) is 0 Å². The molecule has 0 nitrogen and oxygen atoms in total. The monoisotopic (exact) mass is 214 g/mol. The van der Waals surface area contributed by atoms with Crippen molar-refractivity contribution in [2.24, 2.45) is 0 Å². The summed E-state index contributed by atoms with van der Waals surface area (Å²) in [5, 5.41) is 0. The second-order valence-corrected chi connectivity index (χ2v) is 5.93. The van der Waals surface area contributed by atoms with E-state index in [1.165, 1.54) is 22.5 Å². The Balaban J connectivity index is 2.04. The highest BCUT2D eigenvalue weighted by atomic mass is 32.2. The van der Waals surface area contributed by atoms with Crippen LogP contribution in [-0.2, 0) is 4.75 Å². The highest BCUT2D eigenvalue weighted by Crippen LogP contribution is 2.59. The summed E-state index contributed by atoms with van der Waals surface area (Å²) in [4.78, 5) is 1.49. The standard InChI is InChI=1S/C14H14S/c1-10-11(2)15-14(8-12(10)9-14)13-6-4-3-5-7-13/h3-8H,9H2,1-2H3. The molecule has 1 aromatic rings. The van der Waals surface area contributed by atoms with Crippen LogP contribution < -0.4 is 0 Å². The largest absolute Gasteiger partial charge is 0.114 e. The Hall–Kier alpha value is -0.950. The molecular weight excluding hydrogens is 200 g/mol. The number of hydrogen-bond acceptors (Lipinski definition) is 1. The number of allylic oxidation sites excluding steroid dienone is 3. The summed E-state index contributed by atoms with van der Waals surface area (Å²) in [6.45, 7) is 4.48. The first-order valence-corrected chi connectivity index (χ1v) is 6.17. The van der Waals surface area contributed by atoms with Gasteiger partial charge < -0.3 is 0 Å². The molecule has 1 aromatic carbocycles. The average molecular weight is 214 g/mol. The van der Waals surface area contributed by atoms with Crippen molar-refractivity contribution < 1.29 is 0 Å². The number of benzene rings is 1. The topological polar surface area (TPSA) is 0 Å². The summed E-state index contributed by atoms with van der Waals surface area (Å²) in [7, 11) is 0. The van der Waals surface area contributed by atoms with Crippen LogP contribution in [0.1, 0.15) is 25.8 Å². The molecule has 76 valence electrons. The third-order valence-electron chi connectivity index (χ3n) is 3.47. The van der Waals surface area contributed by atoms with Crippen LogP contribution in [0.2, 0.25) is 0 Å². The number of hydrogen-bond donors (Lipinski definition) is 0. The van der Waals surface area contributed by atoms with Crippen LogP contribution in [0.4, 0.5) is 0 Å². The minimum Gasteiger partial charge on any atom is -0.114 e. The van der Waals surface area contributed by atoms with Crippen molar-refractivity contribution in [3.8, 4) is 0 Å². The summed E-state index contributed by atoms with van der Waals surface area (Å²) in [6.07, 6.45) is 3.65. The maximum Gasteiger partial charge on any atom is 0.0677 e. The molecule has 0 saturated heterocycles.